The van der Waals surface area contributed by atoms with Gasteiger partial charge >= 0.3 is 0 Å². The number of nitrogens with two attached hydrogens (primary N) is 1. The van der Waals surface area contributed by atoms with Gasteiger partial charge in [0.25, 0.3) is 0 Å². The Kier molecular flexibility index (Phi) is 4.41. The summed E-state index contributed by atoms with van der Waals surface area (Å²) >= 11 is 0. The van der Waals surface area contributed by atoms with Crippen LogP contribution >= 0.6 is 0 Å². The summed E-state index contributed by atoms with van der Waals surface area (Å²) in [6.07, 6.45) is 0.285. The predicted molar refractivity (Wildman–Crippen MR) is 82.6 cm³/mol. The Morgan fingerprint density at radius 3 is 2.50 bits per heavy atom. The summed E-state index contributed by atoms with van der Waals surface area (Å²) in [6.45, 7) is 4.22. The molecule has 0 fully saturated rings. The second kappa shape index (κ2) is 6.24. The molecule has 3 N–H and O–H groups in total. The molecule has 0 aliphatic carbocycles. The van der Waals surface area contributed by atoms with E-state index in [4.69, 9.17) is 5.73 Å². The van der Waals surface area contributed by atoms with Crippen molar-refractivity contribution in [1.29, 1.82) is 0 Å². The molecule has 2 aromatic rings. The molecule has 20 heavy (non-hydrogen) atoms. The van der Waals surface area contributed by atoms with Crippen LogP contribution < -0.4 is 11.1 Å². The van der Waals surface area contributed by atoms with E-state index in [9.17, 15) is 4.79 Å². The van der Waals surface area contributed by atoms with E-state index in [0.717, 1.165) is 11.3 Å². The number of carbonyl (C=O) groups is 1. The second-order valence-electron chi connectivity index (χ2n) is 5.12. The highest BCUT2D eigenvalue weighted by atomic mass is 16.1. The molecular formula is C17H20N2O. The Morgan fingerprint density at radius 2 is 1.90 bits per heavy atom. The zero-order valence-electron chi connectivity index (χ0n) is 11.9. The first-order valence-corrected chi connectivity index (χ1v) is 6.75. The summed E-state index contributed by atoms with van der Waals surface area (Å²) in [6, 6.07) is 16.5. The number of aryl methyl sites for hydroxylation is 1. The maximum Gasteiger partial charge on any atom is 0.221 e. The fourth-order valence-electron chi connectivity index (χ4n) is 2.19. The number of primary amides is 1. The molecule has 0 saturated heterocycles. The molecule has 3 heteroatoms. The molecule has 1 amide bonds. The molecule has 3 nitrogen and oxygen atoms in total. The lowest BCUT2D eigenvalue weighted by atomic mass is 10.1. The molecule has 0 aliphatic heterocycles. The normalized spacial score (nSPS) is 11.9. The number of hydrogen-bond donors (Lipinski definition) is 2. The van der Waals surface area contributed by atoms with Crippen LogP contribution in [0.2, 0.25) is 0 Å². The minimum absolute atomic E-state index is 0.233. The van der Waals surface area contributed by atoms with Gasteiger partial charge in [-0.2, -0.15) is 0 Å². The molecule has 1 atom stereocenters. The van der Waals surface area contributed by atoms with Crippen LogP contribution in [-0.2, 0) is 11.2 Å². The first-order valence-electron chi connectivity index (χ1n) is 6.75. The van der Waals surface area contributed by atoms with Crippen LogP contribution in [0, 0.1) is 6.92 Å². The lowest BCUT2D eigenvalue weighted by molar-refractivity contribution is -0.117. The van der Waals surface area contributed by atoms with Crippen molar-refractivity contribution >= 4 is 11.6 Å². The van der Waals surface area contributed by atoms with E-state index >= 15 is 0 Å². The van der Waals surface area contributed by atoms with Gasteiger partial charge in [0.2, 0.25) is 5.91 Å². The molecule has 2 aromatic carbocycles. The smallest absolute Gasteiger partial charge is 0.221 e. The van der Waals surface area contributed by atoms with Crippen molar-refractivity contribution in [2.24, 2.45) is 5.73 Å². The van der Waals surface area contributed by atoms with Crippen molar-refractivity contribution in [3.05, 3.63) is 65.2 Å². The molecule has 0 spiro atoms. The van der Waals surface area contributed by atoms with Crippen molar-refractivity contribution < 1.29 is 4.79 Å². The molecule has 0 radical (unpaired) electrons. The van der Waals surface area contributed by atoms with Gasteiger partial charge in [-0.3, -0.25) is 4.79 Å². The number of benzene rings is 2. The monoisotopic (exact) mass is 268 g/mol. The number of carbonyl (C=O) groups excluding carboxylic acids is 1. The number of nitrogens with one attached hydrogen (secondary N) is 1. The Balaban J connectivity index is 2.04. The molecule has 2 rings (SSSR count). The van der Waals surface area contributed by atoms with Gasteiger partial charge in [0.15, 0.2) is 0 Å². The average Bonchev–Trinajstić information content (AvgIpc) is 2.40. The van der Waals surface area contributed by atoms with Crippen LogP contribution in [0.4, 0.5) is 5.69 Å². The molecule has 1 unspecified atom stereocenters. The third-order valence-corrected chi connectivity index (χ3v) is 3.26. The minimum Gasteiger partial charge on any atom is -0.379 e. The minimum atomic E-state index is -0.307. The lowest BCUT2D eigenvalue weighted by Crippen LogP contribution is -2.13. The van der Waals surface area contributed by atoms with E-state index in [-0.39, 0.29) is 18.4 Å². The van der Waals surface area contributed by atoms with E-state index in [0.29, 0.717) is 0 Å². The fraction of sp³-hybridized carbons (Fsp3) is 0.235. The van der Waals surface area contributed by atoms with Crippen LogP contribution in [0.15, 0.2) is 48.5 Å². The van der Waals surface area contributed by atoms with Gasteiger partial charge in [0.1, 0.15) is 0 Å². The number of rotatable bonds is 5. The first-order chi connectivity index (χ1) is 9.54. The number of hydrogen-bond acceptors (Lipinski definition) is 2. The van der Waals surface area contributed by atoms with E-state index in [1.54, 1.807) is 0 Å². The van der Waals surface area contributed by atoms with Gasteiger partial charge < -0.3 is 11.1 Å². The van der Waals surface area contributed by atoms with Crippen LogP contribution in [0.5, 0.6) is 0 Å². The van der Waals surface area contributed by atoms with Gasteiger partial charge in [0, 0.05) is 11.7 Å². The summed E-state index contributed by atoms with van der Waals surface area (Å²) in [7, 11) is 0. The van der Waals surface area contributed by atoms with Gasteiger partial charge in [-0.25, -0.2) is 0 Å². The topological polar surface area (TPSA) is 55.1 Å². The number of anilines is 1. The Bertz CT molecular complexity index is 590. The average molecular weight is 268 g/mol. The molecule has 0 heterocycles. The summed E-state index contributed by atoms with van der Waals surface area (Å²) in [5, 5.41) is 3.45. The molecule has 0 bridgehead atoms. The van der Waals surface area contributed by atoms with E-state index in [1.807, 2.05) is 24.3 Å². The van der Waals surface area contributed by atoms with Crippen molar-refractivity contribution in [3.63, 3.8) is 0 Å². The zero-order chi connectivity index (χ0) is 14.5. The van der Waals surface area contributed by atoms with Crippen molar-refractivity contribution in [1.82, 2.24) is 0 Å². The number of amides is 1. The van der Waals surface area contributed by atoms with Gasteiger partial charge in [0.05, 0.1) is 6.42 Å². The van der Waals surface area contributed by atoms with E-state index in [1.165, 1.54) is 11.1 Å². The van der Waals surface area contributed by atoms with E-state index < -0.39 is 0 Å². The van der Waals surface area contributed by atoms with Crippen LogP contribution in [-0.4, -0.2) is 5.91 Å². The Morgan fingerprint density at radius 1 is 1.20 bits per heavy atom. The summed E-state index contributed by atoms with van der Waals surface area (Å²) in [5.74, 6) is -0.307. The highest BCUT2D eigenvalue weighted by Gasteiger charge is 2.05. The summed E-state index contributed by atoms with van der Waals surface area (Å²) in [4.78, 5) is 10.9. The fourth-order valence-corrected chi connectivity index (χ4v) is 2.19. The first kappa shape index (κ1) is 14.1. The molecule has 0 aliphatic rings. The van der Waals surface area contributed by atoms with Crippen LogP contribution in [0.1, 0.15) is 29.7 Å². The van der Waals surface area contributed by atoms with Crippen molar-refractivity contribution in [2.45, 2.75) is 26.3 Å². The molecule has 0 aromatic heterocycles. The SMILES string of the molecule is Cc1cccc(C(C)Nc2ccc(CC(N)=O)cc2)c1. The lowest BCUT2D eigenvalue weighted by Gasteiger charge is -2.16. The summed E-state index contributed by atoms with van der Waals surface area (Å²) in [5.41, 5.74) is 9.66. The van der Waals surface area contributed by atoms with Crippen molar-refractivity contribution in [3.8, 4) is 0 Å². The van der Waals surface area contributed by atoms with E-state index in [2.05, 4.69) is 43.4 Å². The van der Waals surface area contributed by atoms with Crippen LogP contribution in [0.25, 0.3) is 0 Å². The molecule has 104 valence electrons. The summed E-state index contributed by atoms with van der Waals surface area (Å²) < 4.78 is 0. The predicted octanol–water partition coefficient (Wildman–Crippen LogP) is 3.20. The molecular weight excluding hydrogens is 248 g/mol. The maximum absolute atomic E-state index is 10.9. The second-order valence-corrected chi connectivity index (χ2v) is 5.12. The maximum atomic E-state index is 10.9. The van der Waals surface area contributed by atoms with Crippen molar-refractivity contribution in [2.75, 3.05) is 5.32 Å². The third kappa shape index (κ3) is 3.85. The van der Waals surface area contributed by atoms with Gasteiger partial charge in [-0.15, -0.1) is 0 Å². The quantitative estimate of drug-likeness (QED) is 0.875. The van der Waals surface area contributed by atoms with Gasteiger partial charge in [-0.05, 0) is 37.1 Å². The largest absolute Gasteiger partial charge is 0.379 e. The standard InChI is InChI=1S/C17H20N2O/c1-12-4-3-5-15(10-12)13(2)19-16-8-6-14(7-9-16)11-17(18)20/h3-10,13,19H,11H2,1-2H3,(H2,18,20). The highest BCUT2D eigenvalue weighted by molar-refractivity contribution is 5.76. The Labute approximate surface area is 119 Å². The Hall–Kier alpha value is -2.29. The van der Waals surface area contributed by atoms with Gasteiger partial charge in [-0.1, -0.05) is 42.0 Å². The molecule has 0 saturated carbocycles. The van der Waals surface area contributed by atoms with Crippen LogP contribution in [0.3, 0.4) is 0 Å². The zero-order valence-corrected chi connectivity index (χ0v) is 11.9. The third-order valence-electron chi connectivity index (χ3n) is 3.26. The highest BCUT2D eigenvalue weighted by Crippen LogP contribution is 2.20.